The molecule has 1 heterocycles. The summed E-state index contributed by atoms with van der Waals surface area (Å²) in [6.45, 7) is 4.50. The number of aromatic amines is 1. The summed E-state index contributed by atoms with van der Waals surface area (Å²) in [6, 6.07) is 14.6. The van der Waals surface area contributed by atoms with Gasteiger partial charge >= 0.3 is 0 Å². The monoisotopic (exact) mass is 389 g/mol. The molecule has 3 aromatic rings. The van der Waals surface area contributed by atoms with Crippen LogP contribution in [0.1, 0.15) is 25.2 Å². The third-order valence-electron chi connectivity index (χ3n) is 4.12. The molecule has 26 heavy (non-hydrogen) atoms. The predicted molar refractivity (Wildman–Crippen MR) is 106 cm³/mol. The lowest BCUT2D eigenvalue weighted by atomic mass is 10.2. The summed E-state index contributed by atoms with van der Waals surface area (Å²) in [5, 5.41) is 0.459. The van der Waals surface area contributed by atoms with Gasteiger partial charge in [0, 0.05) is 13.1 Å². The fourth-order valence-electron chi connectivity index (χ4n) is 2.74. The zero-order valence-corrected chi connectivity index (χ0v) is 16.2. The van der Waals surface area contributed by atoms with E-state index in [9.17, 15) is 8.42 Å². The Labute approximate surface area is 158 Å². The number of nitrogens with one attached hydrogen (secondary N) is 1. The number of hydrogen-bond donors (Lipinski definition) is 1. The van der Waals surface area contributed by atoms with Gasteiger partial charge in [0.1, 0.15) is 5.82 Å². The Morgan fingerprint density at radius 2 is 1.85 bits per heavy atom. The summed E-state index contributed by atoms with van der Waals surface area (Å²) in [5.74, 6) is 0.503. The lowest BCUT2D eigenvalue weighted by Gasteiger charge is -2.18. The van der Waals surface area contributed by atoms with Crippen molar-refractivity contribution in [1.82, 2.24) is 14.3 Å². The molecule has 0 unspecified atom stereocenters. The van der Waals surface area contributed by atoms with Crippen molar-refractivity contribution in [3.05, 3.63) is 59.9 Å². The molecule has 136 valence electrons. The number of nitrogens with zero attached hydrogens (tertiary/aromatic N) is 2. The molecule has 0 spiro atoms. The Kier molecular flexibility index (Phi) is 5.46. The summed E-state index contributed by atoms with van der Waals surface area (Å²) in [5.41, 5.74) is 2.26. The fourth-order valence-corrected chi connectivity index (χ4v) is 4.44. The molecule has 7 heteroatoms. The molecule has 0 atom stereocenters. The zero-order chi connectivity index (χ0) is 18.7. The number of imidazole rings is 1. The van der Waals surface area contributed by atoms with Gasteiger partial charge in [-0.1, -0.05) is 55.8 Å². The molecule has 0 saturated carbocycles. The number of halogens is 1. The summed E-state index contributed by atoms with van der Waals surface area (Å²) in [7, 11) is -3.51. The number of rotatable bonds is 6. The van der Waals surface area contributed by atoms with Gasteiger partial charge in [0.25, 0.3) is 0 Å². The van der Waals surface area contributed by atoms with Crippen LogP contribution in [0, 0.1) is 0 Å². The van der Waals surface area contributed by atoms with Gasteiger partial charge in [-0.25, -0.2) is 13.4 Å². The van der Waals surface area contributed by atoms with E-state index >= 15 is 0 Å². The summed E-state index contributed by atoms with van der Waals surface area (Å²) < 4.78 is 26.8. The average Bonchev–Trinajstić information content (AvgIpc) is 3.07. The number of hydrogen-bond acceptors (Lipinski definition) is 3. The van der Waals surface area contributed by atoms with Crippen molar-refractivity contribution < 1.29 is 8.42 Å². The van der Waals surface area contributed by atoms with Crippen LogP contribution in [0.15, 0.2) is 53.4 Å². The van der Waals surface area contributed by atoms with E-state index < -0.39 is 10.0 Å². The molecule has 1 aromatic heterocycles. The third-order valence-corrected chi connectivity index (χ3v) is 6.45. The Morgan fingerprint density at radius 3 is 2.50 bits per heavy atom. The van der Waals surface area contributed by atoms with Crippen molar-refractivity contribution in [3.63, 3.8) is 0 Å². The van der Waals surface area contributed by atoms with Crippen molar-refractivity contribution in [1.29, 1.82) is 0 Å². The molecule has 0 aliphatic rings. The molecule has 5 nitrogen and oxygen atoms in total. The molecule has 1 N–H and O–H groups in total. The molecule has 2 aromatic carbocycles. The SMILES string of the molecule is CCN(CC)S(=O)(=O)c1ccc2nc(/C(Cl)=C/c3ccccc3)[nH]c2c1. The summed E-state index contributed by atoms with van der Waals surface area (Å²) in [4.78, 5) is 7.80. The molecule has 3 rings (SSSR count). The van der Waals surface area contributed by atoms with Gasteiger partial charge in [0.05, 0.1) is 21.0 Å². The number of sulfonamides is 1. The molecule has 0 aliphatic carbocycles. The van der Waals surface area contributed by atoms with Crippen LogP contribution in [0.5, 0.6) is 0 Å². The fraction of sp³-hybridized carbons (Fsp3) is 0.211. The van der Waals surface area contributed by atoms with Gasteiger partial charge in [0.15, 0.2) is 0 Å². The van der Waals surface area contributed by atoms with Gasteiger partial charge < -0.3 is 4.98 Å². The van der Waals surface area contributed by atoms with Crippen LogP contribution in [0.25, 0.3) is 22.1 Å². The van der Waals surface area contributed by atoms with Crippen molar-refractivity contribution in [2.45, 2.75) is 18.7 Å². The van der Waals surface area contributed by atoms with E-state index in [-0.39, 0.29) is 4.90 Å². The maximum absolute atomic E-state index is 12.7. The molecule has 0 aliphatic heterocycles. The molecular formula is C19H20ClN3O2S. The molecule has 0 fully saturated rings. The normalized spacial score (nSPS) is 12.8. The van der Waals surface area contributed by atoms with Crippen LogP contribution in [-0.4, -0.2) is 35.8 Å². The Balaban J connectivity index is 1.99. The Bertz CT molecular complexity index is 1040. The quantitative estimate of drug-likeness (QED) is 0.682. The van der Waals surface area contributed by atoms with Gasteiger partial charge in [0.2, 0.25) is 10.0 Å². The average molecular weight is 390 g/mol. The highest BCUT2D eigenvalue weighted by molar-refractivity contribution is 7.89. The lowest BCUT2D eigenvalue weighted by Crippen LogP contribution is -2.30. The van der Waals surface area contributed by atoms with E-state index in [1.54, 1.807) is 18.2 Å². The summed E-state index contributed by atoms with van der Waals surface area (Å²) in [6.07, 6.45) is 1.81. The van der Waals surface area contributed by atoms with E-state index in [1.165, 1.54) is 4.31 Å². The summed E-state index contributed by atoms with van der Waals surface area (Å²) >= 11 is 6.38. The van der Waals surface area contributed by atoms with Gasteiger partial charge in [-0.3, -0.25) is 0 Å². The van der Waals surface area contributed by atoms with Crippen molar-refractivity contribution >= 4 is 43.8 Å². The highest BCUT2D eigenvalue weighted by Crippen LogP contribution is 2.25. The van der Waals surface area contributed by atoms with Crippen molar-refractivity contribution in [3.8, 4) is 0 Å². The number of aromatic nitrogens is 2. The highest BCUT2D eigenvalue weighted by Gasteiger charge is 2.22. The molecule has 0 bridgehead atoms. The second-order valence-corrected chi connectivity index (χ2v) is 8.10. The topological polar surface area (TPSA) is 66.1 Å². The molecule has 0 saturated heterocycles. The van der Waals surface area contributed by atoms with Gasteiger partial charge in [-0.15, -0.1) is 0 Å². The van der Waals surface area contributed by atoms with E-state index in [0.29, 0.717) is 35.0 Å². The lowest BCUT2D eigenvalue weighted by molar-refractivity contribution is 0.445. The van der Waals surface area contributed by atoms with Crippen LogP contribution in [-0.2, 0) is 10.0 Å². The zero-order valence-electron chi connectivity index (χ0n) is 14.6. The largest absolute Gasteiger partial charge is 0.337 e. The first-order valence-electron chi connectivity index (χ1n) is 8.38. The maximum Gasteiger partial charge on any atom is 0.243 e. The first-order valence-corrected chi connectivity index (χ1v) is 10.2. The van der Waals surface area contributed by atoms with E-state index in [1.807, 2.05) is 50.3 Å². The first kappa shape index (κ1) is 18.6. The Morgan fingerprint density at radius 1 is 1.15 bits per heavy atom. The first-order chi connectivity index (χ1) is 12.5. The highest BCUT2D eigenvalue weighted by atomic mass is 35.5. The van der Waals surface area contributed by atoms with Crippen LogP contribution in [0.3, 0.4) is 0 Å². The molecule has 0 radical (unpaired) electrons. The van der Waals surface area contributed by atoms with Crippen molar-refractivity contribution in [2.75, 3.05) is 13.1 Å². The second-order valence-electron chi connectivity index (χ2n) is 5.76. The van der Waals surface area contributed by atoms with Gasteiger partial charge in [-0.05, 0) is 29.8 Å². The Hall–Kier alpha value is -2.15. The predicted octanol–water partition coefficient (Wildman–Crippen LogP) is 4.33. The molecule has 0 amide bonds. The van der Waals surface area contributed by atoms with Crippen LogP contribution < -0.4 is 0 Å². The molecular weight excluding hydrogens is 370 g/mol. The maximum atomic E-state index is 12.7. The number of H-pyrrole nitrogens is 1. The van der Waals surface area contributed by atoms with Crippen LogP contribution in [0.4, 0.5) is 0 Å². The minimum Gasteiger partial charge on any atom is -0.337 e. The van der Waals surface area contributed by atoms with Crippen LogP contribution >= 0.6 is 11.6 Å². The van der Waals surface area contributed by atoms with E-state index in [4.69, 9.17) is 11.6 Å². The number of fused-ring (bicyclic) bond motifs is 1. The minimum atomic E-state index is -3.51. The van der Waals surface area contributed by atoms with Crippen LogP contribution in [0.2, 0.25) is 0 Å². The van der Waals surface area contributed by atoms with E-state index in [0.717, 1.165) is 5.56 Å². The standard InChI is InChI=1S/C19H20ClN3O2S/c1-3-23(4-2)26(24,25)15-10-11-17-18(13-15)22-19(21-17)16(20)12-14-8-6-5-7-9-14/h5-13H,3-4H2,1-2H3,(H,21,22)/b16-12-. The van der Waals surface area contributed by atoms with Crippen molar-refractivity contribution in [2.24, 2.45) is 0 Å². The smallest absolute Gasteiger partial charge is 0.243 e. The number of benzene rings is 2. The van der Waals surface area contributed by atoms with Gasteiger partial charge in [-0.2, -0.15) is 4.31 Å². The minimum absolute atomic E-state index is 0.243. The van der Waals surface area contributed by atoms with E-state index in [2.05, 4.69) is 9.97 Å². The second kappa shape index (κ2) is 7.61. The third kappa shape index (κ3) is 3.67.